The van der Waals surface area contributed by atoms with E-state index in [1.807, 2.05) is 19.9 Å². The Hall–Kier alpha value is -2.37. The van der Waals surface area contributed by atoms with Crippen molar-refractivity contribution in [1.29, 1.82) is 5.26 Å². The fraction of sp³-hybridized carbons (Fsp3) is 0.176. The number of aryl methyl sites for hydroxylation is 2. The van der Waals surface area contributed by atoms with Gasteiger partial charge in [0.05, 0.1) is 11.3 Å². The van der Waals surface area contributed by atoms with Crippen molar-refractivity contribution in [2.24, 2.45) is 0 Å². The van der Waals surface area contributed by atoms with Crippen molar-refractivity contribution < 1.29 is 9.59 Å². The lowest BCUT2D eigenvalue weighted by molar-refractivity contribution is -0.119. The fourth-order valence-electron chi connectivity index (χ4n) is 2.04. The summed E-state index contributed by atoms with van der Waals surface area (Å²) >= 11 is 4.44. The van der Waals surface area contributed by atoms with E-state index in [1.165, 1.54) is 0 Å². The summed E-state index contributed by atoms with van der Waals surface area (Å²) in [6.45, 7) is 3.66. The van der Waals surface area contributed by atoms with Crippen molar-refractivity contribution >= 4 is 39.5 Å². The smallest absolute Gasteiger partial charge is 0.269 e. The van der Waals surface area contributed by atoms with Gasteiger partial charge >= 0.3 is 0 Å². The summed E-state index contributed by atoms with van der Waals surface area (Å²) in [5, 5.41) is 9.72. The van der Waals surface area contributed by atoms with Gasteiger partial charge in [-0.25, -0.2) is 4.98 Å². The van der Waals surface area contributed by atoms with Crippen LogP contribution >= 0.6 is 27.7 Å². The van der Waals surface area contributed by atoms with E-state index in [0.717, 1.165) is 27.5 Å². The summed E-state index contributed by atoms with van der Waals surface area (Å²) in [7, 11) is 0. The molecule has 0 spiro atoms. The van der Waals surface area contributed by atoms with Crippen molar-refractivity contribution in [2.45, 2.75) is 18.9 Å². The number of pyridine rings is 1. The highest BCUT2D eigenvalue weighted by Crippen LogP contribution is 2.23. The summed E-state index contributed by atoms with van der Waals surface area (Å²) in [5.41, 5.74) is 7.19. The third-order valence-corrected chi connectivity index (χ3v) is 4.63. The van der Waals surface area contributed by atoms with Crippen LogP contribution in [0.2, 0.25) is 0 Å². The van der Waals surface area contributed by atoms with Crippen LogP contribution in [-0.2, 0) is 4.79 Å². The van der Waals surface area contributed by atoms with Gasteiger partial charge in [0, 0.05) is 15.7 Å². The molecule has 2 aromatic rings. The van der Waals surface area contributed by atoms with Crippen molar-refractivity contribution in [2.75, 3.05) is 5.75 Å². The number of aromatic nitrogens is 1. The molecule has 2 rings (SSSR count). The number of carbonyl (C=O) groups excluding carboxylic acids is 2. The highest BCUT2D eigenvalue weighted by molar-refractivity contribution is 9.10. The Kier molecular flexibility index (Phi) is 6.56. The minimum atomic E-state index is -0.415. The first-order chi connectivity index (χ1) is 11.9. The van der Waals surface area contributed by atoms with Gasteiger partial charge in [0.15, 0.2) is 0 Å². The Bertz CT molecular complexity index is 864. The number of amides is 2. The number of nitrogens with zero attached hydrogens (tertiary/aromatic N) is 2. The highest BCUT2D eigenvalue weighted by Gasteiger charge is 2.12. The minimum Gasteiger partial charge on any atom is -0.272 e. The first-order valence-electron chi connectivity index (χ1n) is 7.26. The number of nitriles is 1. The Morgan fingerprint density at radius 2 is 2.04 bits per heavy atom. The van der Waals surface area contributed by atoms with E-state index in [0.29, 0.717) is 16.2 Å². The lowest BCUT2D eigenvalue weighted by atomic mass is 10.1. The monoisotopic (exact) mass is 418 g/mol. The molecule has 1 aromatic heterocycles. The molecule has 6 nitrogen and oxygen atoms in total. The Morgan fingerprint density at radius 1 is 1.28 bits per heavy atom. The van der Waals surface area contributed by atoms with Gasteiger partial charge in [-0.2, -0.15) is 5.26 Å². The quantitative estimate of drug-likeness (QED) is 0.587. The summed E-state index contributed by atoms with van der Waals surface area (Å²) < 4.78 is 0.770. The number of hydrazine groups is 1. The van der Waals surface area contributed by atoms with Crippen LogP contribution in [0.4, 0.5) is 0 Å². The van der Waals surface area contributed by atoms with E-state index in [1.54, 1.807) is 24.3 Å². The molecule has 0 radical (unpaired) electrons. The van der Waals surface area contributed by atoms with E-state index in [-0.39, 0.29) is 5.75 Å². The van der Waals surface area contributed by atoms with E-state index in [4.69, 9.17) is 0 Å². The summed E-state index contributed by atoms with van der Waals surface area (Å²) in [4.78, 5) is 28.2. The molecule has 0 saturated heterocycles. The number of hydrogen-bond donors (Lipinski definition) is 2. The molecule has 128 valence electrons. The number of nitrogens with one attached hydrogen (secondary N) is 2. The van der Waals surface area contributed by atoms with Gasteiger partial charge in [0.1, 0.15) is 11.1 Å². The number of rotatable bonds is 4. The first kappa shape index (κ1) is 19.0. The van der Waals surface area contributed by atoms with Crippen molar-refractivity contribution in [3.05, 3.63) is 57.2 Å². The SMILES string of the molecule is Cc1cc(C)c(C#N)c(SCC(=O)NNC(=O)c2cccc(Br)c2)n1. The lowest BCUT2D eigenvalue weighted by Gasteiger charge is -2.09. The van der Waals surface area contributed by atoms with Crippen LogP contribution in [0.25, 0.3) is 0 Å². The lowest BCUT2D eigenvalue weighted by Crippen LogP contribution is -2.42. The van der Waals surface area contributed by atoms with Gasteiger partial charge in [-0.05, 0) is 43.7 Å². The zero-order valence-corrected chi connectivity index (χ0v) is 16.0. The first-order valence-corrected chi connectivity index (χ1v) is 9.04. The number of carbonyl (C=O) groups is 2. The van der Waals surface area contributed by atoms with Crippen molar-refractivity contribution in [1.82, 2.24) is 15.8 Å². The molecule has 25 heavy (non-hydrogen) atoms. The summed E-state index contributed by atoms with van der Waals surface area (Å²) in [6, 6.07) is 10.7. The molecule has 8 heteroatoms. The van der Waals surface area contributed by atoms with Crippen LogP contribution in [-0.4, -0.2) is 22.6 Å². The standard InChI is InChI=1S/C17H15BrN4O2S/c1-10-6-11(2)20-17(14(10)8-19)25-9-15(23)21-22-16(24)12-4-3-5-13(18)7-12/h3-7H,9H2,1-2H3,(H,21,23)(H,22,24). The number of hydrogen-bond acceptors (Lipinski definition) is 5. The van der Waals surface area contributed by atoms with Crippen LogP contribution in [0.15, 0.2) is 39.8 Å². The Morgan fingerprint density at radius 3 is 2.72 bits per heavy atom. The number of halogens is 1. The molecule has 0 aliphatic rings. The predicted molar refractivity (Wildman–Crippen MR) is 98.9 cm³/mol. The highest BCUT2D eigenvalue weighted by atomic mass is 79.9. The zero-order valence-electron chi connectivity index (χ0n) is 13.6. The van der Waals surface area contributed by atoms with Crippen molar-refractivity contribution in [3.8, 4) is 6.07 Å². The average molecular weight is 419 g/mol. The van der Waals surface area contributed by atoms with Crippen LogP contribution in [0.3, 0.4) is 0 Å². The van der Waals surface area contributed by atoms with E-state index in [2.05, 4.69) is 37.8 Å². The molecule has 2 N–H and O–H groups in total. The Labute approximate surface area is 158 Å². The van der Waals surface area contributed by atoms with E-state index < -0.39 is 11.8 Å². The molecular formula is C17H15BrN4O2S. The van der Waals surface area contributed by atoms with Gasteiger partial charge in [-0.3, -0.25) is 20.4 Å². The molecule has 0 saturated carbocycles. The third-order valence-electron chi connectivity index (χ3n) is 3.17. The largest absolute Gasteiger partial charge is 0.272 e. The molecule has 0 bridgehead atoms. The molecule has 2 amide bonds. The van der Waals surface area contributed by atoms with Crippen LogP contribution < -0.4 is 10.9 Å². The van der Waals surface area contributed by atoms with E-state index in [9.17, 15) is 14.9 Å². The van der Waals surface area contributed by atoms with Gasteiger partial charge in [-0.1, -0.05) is 33.8 Å². The maximum atomic E-state index is 12.0. The summed E-state index contributed by atoms with van der Waals surface area (Å²) in [5.74, 6) is -0.774. The topological polar surface area (TPSA) is 94.9 Å². The second-order valence-corrected chi connectivity index (χ2v) is 7.05. The maximum absolute atomic E-state index is 12.0. The molecular weight excluding hydrogens is 404 g/mol. The van der Waals surface area contributed by atoms with Gasteiger partial charge in [0.25, 0.3) is 5.91 Å². The average Bonchev–Trinajstić information content (AvgIpc) is 2.57. The van der Waals surface area contributed by atoms with Gasteiger partial charge in [-0.15, -0.1) is 0 Å². The Balaban J connectivity index is 1.92. The minimum absolute atomic E-state index is 0.0311. The van der Waals surface area contributed by atoms with Crippen molar-refractivity contribution in [3.63, 3.8) is 0 Å². The molecule has 0 aliphatic heterocycles. The van der Waals surface area contributed by atoms with Crippen LogP contribution in [0.5, 0.6) is 0 Å². The molecule has 0 fully saturated rings. The third kappa shape index (κ3) is 5.31. The van der Waals surface area contributed by atoms with E-state index >= 15 is 0 Å². The zero-order chi connectivity index (χ0) is 18.4. The van der Waals surface area contributed by atoms with Crippen LogP contribution in [0.1, 0.15) is 27.2 Å². The second kappa shape index (κ2) is 8.65. The number of thioether (sulfide) groups is 1. The van der Waals surface area contributed by atoms with Crippen LogP contribution in [0, 0.1) is 25.2 Å². The van der Waals surface area contributed by atoms with Gasteiger partial charge < -0.3 is 0 Å². The molecule has 1 aromatic carbocycles. The molecule has 0 aliphatic carbocycles. The summed E-state index contributed by atoms with van der Waals surface area (Å²) in [6.07, 6.45) is 0. The molecule has 0 atom stereocenters. The fourth-order valence-corrected chi connectivity index (χ4v) is 3.34. The molecule has 0 unspecified atom stereocenters. The maximum Gasteiger partial charge on any atom is 0.269 e. The normalized spacial score (nSPS) is 10.0. The predicted octanol–water partition coefficient (Wildman–Crippen LogP) is 2.89. The second-order valence-electron chi connectivity index (χ2n) is 5.17. The number of benzene rings is 1. The van der Waals surface area contributed by atoms with Gasteiger partial charge in [0.2, 0.25) is 5.91 Å². The molecule has 1 heterocycles.